The highest BCUT2D eigenvalue weighted by Gasteiger charge is 2.11. The number of carboxylic acids is 1. The maximum atomic E-state index is 11.1. The van der Waals surface area contributed by atoms with E-state index in [1.165, 1.54) is 18.3 Å². The van der Waals surface area contributed by atoms with E-state index >= 15 is 0 Å². The van der Waals surface area contributed by atoms with Crippen LogP contribution in [0.25, 0.3) is 11.4 Å². The average Bonchev–Trinajstić information content (AvgIpc) is 2.72. The maximum absolute atomic E-state index is 11.1. The number of carboxylic acid groups (broad SMARTS) is 1. The van der Waals surface area contributed by atoms with Crippen LogP contribution in [0.4, 0.5) is 11.6 Å². The van der Waals surface area contributed by atoms with Crippen LogP contribution < -0.4 is 10.2 Å². The lowest BCUT2D eigenvalue weighted by Crippen LogP contribution is -2.35. The molecule has 1 aromatic carbocycles. The summed E-state index contributed by atoms with van der Waals surface area (Å²) in [5, 5.41) is 12.4. The van der Waals surface area contributed by atoms with Gasteiger partial charge in [-0.05, 0) is 37.3 Å². The molecular formula is C20H21N5O2. The second kappa shape index (κ2) is 8.27. The molecule has 7 nitrogen and oxygen atoms in total. The number of aromatic nitrogens is 3. The minimum atomic E-state index is -0.996. The van der Waals surface area contributed by atoms with E-state index in [1.807, 2.05) is 25.2 Å². The molecule has 7 heteroatoms. The summed E-state index contributed by atoms with van der Waals surface area (Å²) in [6.45, 7) is 2.76. The molecule has 0 amide bonds. The Kier molecular flexibility index (Phi) is 5.61. The quantitative estimate of drug-likeness (QED) is 0.666. The summed E-state index contributed by atoms with van der Waals surface area (Å²) >= 11 is 0. The van der Waals surface area contributed by atoms with Crippen molar-refractivity contribution < 1.29 is 9.90 Å². The Bertz CT molecular complexity index is 917. The molecule has 0 saturated heterocycles. The molecule has 0 saturated carbocycles. The summed E-state index contributed by atoms with van der Waals surface area (Å²) in [6, 6.07) is 15.0. The summed E-state index contributed by atoms with van der Waals surface area (Å²) in [5.41, 5.74) is 2.37. The molecule has 0 radical (unpaired) electrons. The first-order valence-corrected chi connectivity index (χ1v) is 8.59. The zero-order valence-electron chi connectivity index (χ0n) is 15.2. The number of aromatic carboxylic acids is 1. The standard InChI is InChI=1S/C20H21N5O2/c1-14(25(2)16-6-4-3-5-7-16)13-23-20-22-11-9-17(24-20)18-12-15(19(26)27)8-10-21-18/h3-12,14H,13H2,1-2H3,(H,26,27)(H,22,23,24)/t14-/m0/s1. The van der Waals surface area contributed by atoms with E-state index in [1.54, 1.807) is 12.3 Å². The number of carbonyl (C=O) groups is 1. The van der Waals surface area contributed by atoms with Crippen LogP contribution in [0.1, 0.15) is 17.3 Å². The SMILES string of the molecule is C[C@@H](CNc1nccc(-c2cc(C(=O)O)ccn2)n1)N(C)c1ccccc1. The molecule has 0 bridgehead atoms. The van der Waals surface area contributed by atoms with Gasteiger partial charge < -0.3 is 15.3 Å². The van der Waals surface area contributed by atoms with Crippen LogP contribution in [0.15, 0.2) is 60.9 Å². The summed E-state index contributed by atoms with van der Waals surface area (Å²) in [5.74, 6) is -0.521. The van der Waals surface area contributed by atoms with Gasteiger partial charge in [0.25, 0.3) is 0 Å². The van der Waals surface area contributed by atoms with Crippen molar-refractivity contribution in [3.05, 3.63) is 66.5 Å². The molecule has 3 rings (SSSR count). The van der Waals surface area contributed by atoms with E-state index < -0.39 is 5.97 Å². The highest BCUT2D eigenvalue weighted by Crippen LogP contribution is 2.17. The molecule has 0 fully saturated rings. The van der Waals surface area contributed by atoms with Crippen LogP contribution in [0, 0.1) is 0 Å². The van der Waals surface area contributed by atoms with Crippen molar-refractivity contribution in [2.24, 2.45) is 0 Å². The Balaban J connectivity index is 1.69. The molecule has 27 heavy (non-hydrogen) atoms. The Morgan fingerprint density at radius 3 is 2.59 bits per heavy atom. The van der Waals surface area contributed by atoms with E-state index in [0.29, 0.717) is 23.9 Å². The van der Waals surface area contributed by atoms with E-state index in [-0.39, 0.29) is 11.6 Å². The predicted octanol–water partition coefficient (Wildman–Crippen LogP) is 3.17. The summed E-state index contributed by atoms with van der Waals surface area (Å²) < 4.78 is 0. The minimum Gasteiger partial charge on any atom is -0.478 e. The van der Waals surface area contributed by atoms with E-state index in [2.05, 4.69) is 44.2 Å². The summed E-state index contributed by atoms with van der Waals surface area (Å²) in [6.07, 6.45) is 3.09. The Morgan fingerprint density at radius 1 is 1.11 bits per heavy atom. The molecule has 0 aliphatic carbocycles. The second-order valence-electron chi connectivity index (χ2n) is 6.18. The number of nitrogens with zero attached hydrogens (tertiary/aromatic N) is 4. The Labute approximate surface area is 157 Å². The highest BCUT2D eigenvalue weighted by molar-refractivity contribution is 5.88. The van der Waals surface area contributed by atoms with Crippen molar-refractivity contribution in [1.29, 1.82) is 0 Å². The van der Waals surface area contributed by atoms with E-state index in [9.17, 15) is 4.79 Å². The fourth-order valence-corrected chi connectivity index (χ4v) is 2.58. The molecule has 0 unspecified atom stereocenters. The van der Waals surface area contributed by atoms with Gasteiger partial charge in [0.15, 0.2) is 0 Å². The third-order valence-corrected chi connectivity index (χ3v) is 4.31. The molecule has 2 heterocycles. The van der Waals surface area contributed by atoms with E-state index in [0.717, 1.165) is 5.69 Å². The van der Waals surface area contributed by atoms with Gasteiger partial charge in [-0.3, -0.25) is 4.98 Å². The number of benzene rings is 1. The van der Waals surface area contributed by atoms with Gasteiger partial charge in [-0.1, -0.05) is 18.2 Å². The van der Waals surface area contributed by atoms with Crippen molar-refractivity contribution in [3.8, 4) is 11.4 Å². The molecule has 1 atom stereocenters. The van der Waals surface area contributed by atoms with Crippen LogP contribution in [0.2, 0.25) is 0 Å². The zero-order chi connectivity index (χ0) is 19.2. The molecule has 138 valence electrons. The van der Waals surface area contributed by atoms with Crippen LogP contribution >= 0.6 is 0 Å². The monoisotopic (exact) mass is 363 g/mol. The average molecular weight is 363 g/mol. The number of nitrogens with one attached hydrogen (secondary N) is 1. The molecule has 0 aliphatic rings. The number of rotatable bonds is 7. The lowest BCUT2D eigenvalue weighted by molar-refractivity contribution is 0.0697. The number of anilines is 2. The number of hydrogen-bond acceptors (Lipinski definition) is 6. The topological polar surface area (TPSA) is 91.2 Å². The molecule has 2 aromatic heterocycles. The molecule has 2 N–H and O–H groups in total. The molecule has 0 aliphatic heterocycles. The van der Waals surface area contributed by atoms with Gasteiger partial charge >= 0.3 is 5.97 Å². The van der Waals surface area contributed by atoms with Gasteiger partial charge in [0.2, 0.25) is 5.95 Å². The Hall–Kier alpha value is -3.48. The second-order valence-corrected chi connectivity index (χ2v) is 6.18. The van der Waals surface area contributed by atoms with Crippen molar-refractivity contribution >= 4 is 17.6 Å². The van der Waals surface area contributed by atoms with Gasteiger partial charge in [-0.2, -0.15) is 0 Å². The van der Waals surface area contributed by atoms with Crippen LogP contribution in [-0.4, -0.2) is 45.7 Å². The first-order chi connectivity index (χ1) is 13.0. The Morgan fingerprint density at radius 2 is 1.85 bits per heavy atom. The van der Waals surface area contributed by atoms with Gasteiger partial charge in [-0.25, -0.2) is 14.8 Å². The zero-order valence-corrected chi connectivity index (χ0v) is 15.2. The fourth-order valence-electron chi connectivity index (χ4n) is 2.58. The van der Waals surface area contributed by atoms with Gasteiger partial charge in [0.1, 0.15) is 0 Å². The first kappa shape index (κ1) is 18.3. The van der Waals surface area contributed by atoms with Crippen molar-refractivity contribution in [3.63, 3.8) is 0 Å². The van der Waals surface area contributed by atoms with Gasteiger partial charge in [-0.15, -0.1) is 0 Å². The third kappa shape index (κ3) is 4.58. The smallest absolute Gasteiger partial charge is 0.335 e. The van der Waals surface area contributed by atoms with Crippen LogP contribution in [0.5, 0.6) is 0 Å². The summed E-state index contributed by atoms with van der Waals surface area (Å²) in [7, 11) is 2.04. The third-order valence-electron chi connectivity index (χ3n) is 4.31. The van der Waals surface area contributed by atoms with Gasteiger partial charge in [0, 0.05) is 37.7 Å². The maximum Gasteiger partial charge on any atom is 0.335 e. The lowest BCUT2D eigenvalue weighted by atomic mass is 10.2. The van der Waals surface area contributed by atoms with E-state index in [4.69, 9.17) is 5.11 Å². The molecular weight excluding hydrogens is 342 g/mol. The number of pyridine rings is 1. The molecule has 0 spiro atoms. The fraction of sp³-hybridized carbons (Fsp3) is 0.200. The van der Waals surface area contributed by atoms with Crippen molar-refractivity contribution in [2.45, 2.75) is 13.0 Å². The largest absolute Gasteiger partial charge is 0.478 e. The first-order valence-electron chi connectivity index (χ1n) is 8.59. The van der Waals surface area contributed by atoms with Crippen LogP contribution in [0.3, 0.4) is 0 Å². The highest BCUT2D eigenvalue weighted by atomic mass is 16.4. The van der Waals surface area contributed by atoms with Crippen molar-refractivity contribution in [1.82, 2.24) is 15.0 Å². The van der Waals surface area contributed by atoms with Crippen LogP contribution in [-0.2, 0) is 0 Å². The number of para-hydroxylation sites is 1. The normalized spacial score (nSPS) is 11.6. The minimum absolute atomic E-state index is 0.172. The summed E-state index contributed by atoms with van der Waals surface area (Å²) in [4.78, 5) is 26.2. The van der Waals surface area contributed by atoms with Crippen molar-refractivity contribution in [2.75, 3.05) is 23.8 Å². The van der Waals surface area contributed by atoms with Gasteiger partial charge in [0.05, 0.1) is 17.0 Å². The predicted molar refractivity (Wildman–Crippen MR) is 105 cm³/mol. The number of hydrogen-bond donors (Lipinski definition) is 2. The lowest BCUT2D eigenvalue weighted by Gasteiger charge is -2.27. The number of likely N-dealkylation sites (N-methyl/N-ethyl adjacent to an activating group) is 1. The molecule has 3 aromatic rings.